The average Bonchev–Trinajstić information content (AvgIpc) is 3.11. The summed E-state index contributed by atoms with van der Waals surface area (Å²) in [7, 11) is 2.04. The van der Waals surface area contributed by atoms with Gasteiger partial charge in [-0.1, -0.05) is 18.2 Å². The first kappa shape index (κ1) is 18.4. The van der Waals surface area contributed by atoms with Crippen LogP contribution in [0.15, 0.2) is 54.9 Å². The number of ether oxygens (including phenoxy) is 1. The van der Waals surface area contributed by atoms with Crippen LogP contribution in [0.4, 0.5) is 17.1 Å². The molecule has 152 valence electrons. The molecule has 1 fully saturated rings. The van der Waals surface area contributed by atoms with Crippen molar-refractivity contribution >= 4 is 28.0 Å². The lowest BCUT2D eigenvalue weighted by molar-refractivity contribution is 0.122. The first-order valence-corrected chi connectivity index (χ1v) is 10.0. The number of aryl methyl sites for hydroxylation is 1. The molecule has 3 heterocycles. The number of anilines is 3. The lowest BCUT2D eigenvalue weighted by Crippen LogP contribution is -2.36. The van der Waals surface area contributed by atoms with Crippen molar-refractivity contribution in [2.24, 2.45) is 7.05 Å². The molecule has 0 spiro atoms. The predicted molar refractivity (Wildman–Crippen MR) is 121 cm³/mol. The van der Waals surface area contributed by atoms with E-state index in [-0.39, 0.29) is 0 Å². The quantitative estimate of drug-likeness (QED) is 0.512. The number of para-hydroxylation sites is 1. The molecule has 1 aliphatic rings. The van der Waals surface area contributed by atoms with Gasteiger partial charge in [0, 0.05) is 66.1 Å². The van der Waals surface area contributed by atoms with Crippen molar-refractivity contribution in [2.45, 2.75) is 0 Å². The molecule has 0 aliphatic carbocycles. The van der Waals surface area contributed by atoms with Gasteiger partial charge in [0.2, 0.25) is 0 Å². The fraction of sp³-hybridized carbons (Fsp3) is 0.217. The number of nitrogen functional groups attached to an aromatic ring is 2. The van der Waals surface area contributed by atoms with E-state index in [2.05, 4.69) is 32.8 Å². The molecule has 4 N–H and O–H groups in total. The topological polar surface area (TPSA) is 95.2 Å². The van der Waals surface area contributed by atoms with Crippen molar-refractivity contribution in [3.8, 4) is 22.6 Å². The van der Waals surface area contributed by atoms with Gasteiger partial charge in [-0.25, -0.2) is 9.97 Å². The number of aromatic nitrogens is 3. The Labute approximate surface area is 174 Å². The molecule has 0 atom stereocenters. The molecule has 1 saturated heterocycles. The number of hydrogen-bond acceptors (Lipinski definition) is 6. The molecule has 2 aromatic carbocycles. The number of rotatable bonds is 3. The highest BCUT2D eigenvalue weighted by molar-refractivity contribution is 5.95. The summed E-state index contributed by atoms with van der Waals surface area (Å²) in [6.07, 6.45) is 3.85. The van der Waals surface area contributed by atoms with Crippen LogP contribution < -0.4 is 16.4 Å². The number of nitrogens with zero attached hydrogens (tertiary/aromatic N) is 4. The van der Waals surface area contributed by atoms with Crippen LogP contribution in [0, 0.1) is 0 Å². The Morgan fingerprint density at radius 2 is 1.73 bits per heavy atom. The van der Waals surface area contributed by atoms with Gasteiger partial charge in [0.15, 0.2) is 5.82 Å². The van der Waals surface area contributed by atoms with Gasteiger partial charge < -0.3 is 25.7 Å². The standard InChI is InChI=1S/C23H24N6O/c1-28-14-17(16-4-2-3-5-21(16)28)20-6-7-26-23(27-20)22-18(24)12-15(13-19(22)25)29-8-10-30-11-9-29/h2-7,12-14H,8-11,24-25H2,1H3. The van der Waals surface area contributed by atoms with E-state index >= 15 is 0 Å². The maximum Gasteiger partial charge on any atom is 0.163 e. The molecule has 4 aromatic rings. The van der Waals surface area contributed by atoms with E-state index in [0.29, 0.717) is 36.0 Å². The normalized spacial score (nSPS) is 14.4. The molecule has 30 heavy (non-hydrogen) atoms. The highest BCUT2D eigenvalue weighted by Gasteiger charge is 2.18. The summed E-state index contributed by atoms with van der Waals surface area (Å²) in [5.74, 6) is 0.531. The average molecular weight is 400 g/mol. The smallest absolute Gasteiger partial charge is 0.163 e. The number of hydrogen-bond donors (Lipinski definition) is 2. The highest BCUT2D eigenvalue weighted by Crippen LogP contribution is 2.36. The van der Waals surface area contributed by atoms with E-state index in [0.717, 1.165) is 40.9 Å². The fourth-order valence-electron chi connectivity index (χ4n) is 4.11. The lowest BCUT2D eigenvalue weighted by atomic mass is 10.1. The molecule has 7 nitrogen and oxygen atoms in total. The maximum absolute atomic E-state index is 6.42. The Hall–Kier alpha value is -3.58. The number of fused-ring (bicyclic) bond motifs is 1. The second-order valence-electron chi connectivity index (χ2n) is 7.53. The summed E-state index contributed by atoms with van der Waals surface area (Å²) in [6.45, 7) is 3.06. The van der Waals surface area contributed by atoms with E-state index in [9.17, 15) is 0 Å². The second-order valence-corrected chi connectivity index (χ2v) is 7.53. The van der Waals surface area contributed by atoms with Gasteiger partial charge in [-0.3, -0.25) is 0 Å². The van der Waals surface area contributed by atoms with E-state index in [4.69, 9.17) is 21.2 Å². The Morgan fingerprint density at radius 3 is 2.50 bits per heavy atom. The molecule has 0 unspecified atom stereocenters. The summed E-state index contributed by atoms with van der Waals surface area (Å²) < 4.78 is 7.54. The van der Waals surface area contributed by atoms with Gasteiger partial charge in [0.1, 0.15) is 0 Å². The van der Waals surface area contributed by atoms with Crippen LogP contribution >= 0.6 is 0 Å². The van der Waals surface area contributed by atoms with E-state index in [1.165, 1.54) is 0 Å². The molecule has 0 amide bonds. The van der Waals surface area contributed by atoms with Gasteiger partial charge in [-0.2, -0.15) is 0 Å². The third-order valence-corrected chi connectivity index (χ3v) is 5.61. The predicted octanol–water partition coefficient (Wildman–Crippen LogP) is 3.30. The maximum atomic E-state index is 6.42. The van der Waals surface area contributed by atoms with Gasteiger partial charge >= 0.3 is 0 Å². The van der Waals surface area contributed by atoms with Gasteiger partial charge in [0.05, 0.1) is 24.5 Å². The van der Waals surface area contributed by atoms with Crippen LogP contribution in [-0.4, -0.2) is 40.8 Å². The van der Waals surface area contributed by atoms with Crippen molar-refractivity contribution in [1.82, 2.24) is 14.5 Å². The molecule has 0 bridgehead atoms. The first-order valence-electron chi connectivity index (χ1n) is 10.0. The SMILES string of the molecule is Cn1cc(-c2ccnc(-c3c(N)cc(N4CCOCC4)cc3N)n2)c2ccccc21. The minimum absolute atomic E-state index is 0.531. The first-order chi connectivity index (χ1) is 14.6. The zero-order valence-corrected chi connectivity index (χ0v) is 16.9. The molecule has 0 saturated carbocycles. The van der Waals surface area contributed by atoms with Crippen molar-refractivity contribution in [3.05, 3.63) is 54.9 Å². The minimum Gasteiger partial charge on any atom is -0.398 e. The summed E-state index contributed by atoms with van der Waals surface area (Å²) >= 11 is 0. The van der Waals surface area contributed by atoms with E-state index in [1.54, 1.807) is 6.20 Å². The lowest BCUT2D eigenvalue weighted by Gasteiger charge is -2.29. The van der Waals surface area contributed by atoms with Gasteiger partial charge in [0.25, 0.3) is 0 Å². The monoisotopic (exact) mass is 400 g/mol. The van der Waals surface area contributed by atoms with E-state index < -0.39 is 0 Å². The Balaban J connectivity index is 1.57. The third kappa shape index (κ3) is 3.13. The zero-order valence-electron chi connectivity index (χ0n) is 16.9. The van der Waals surface area contributed by atoms with Crippen molar-refractivity contribution < 1.29 is 4.74 Å². The Bertz CT molecular complexity index is 1200. The minimum atomic E-state index is 0.531. The molecule has 1 aliphatic heterocycles. The van der Waals surface area contributed by atoms with Crippen molar-refractivity contribution in [2.75, 3.05) is 42.7 Å². The zero-order chi connectivity index (χ0) is 20.7. The summed E-state index contributed by atoms with van der Waals surface area (Å²) in [4.78, 5) is 11.5. The molecule has 0 radical (unpaired) electrons. The molecular formula is C23H24N6O. The van der Waals surface area contributed by atoms with E-state index in [1.807, 2.05) is 37.4 Å². The number of benzene rings is 2. The van der Waals surface area contributed by atoms with Crippen LogP contribution in [0.25, 0.3) is 33.5 Å². The summed E-state index contributed by atoms with van der Waals surface area (Å²) in [5, 5.41) is 1.15. The van der Waals surface area contributed by atoms with Gasteiger partial charge in [-0.15, -0.1) is 0 Å². The second kappa shape index (κ2) is 7.35. The number of morpholine rings is 1. The van der Waals surface area contributed by atoms with Crippen molar-refractivity contribution in [3.63, 3.8) is 0 Å². The third-order valence-electron chi connectivity index (χ3n) is 5.61. The van der Waals surface area contributed by atoms with Gasteiger partial charge in [-0.05, 0) is 24.3 Å². The largest absolute Gasteiger partial charge is 0.398 e. The molecule has 2 aromatic heterocycles. The van der Waals surface area contributed by atoms with Crippen LogP contribution in [-0.2, 0) is 11.8 Å². The Morgan fingerprint density at radius 1 is 1.00 bits per heavy atom. The Kier molecular flexibility index (Phi) is 4.52. The van der Waals surface area contributed by atoms with Crippen LogP contribution in [0.5, 0.6) is 0 Å². The molecular weight excluding hydrogens is 376 g/mol. The summed E-state index contributed by atoms with van der Waals surface area (Å²) in [5.41, 5.74) is 18.7. The van der Waals surface area contributed by atoms with Crippen molar-refractivity contribution in [1.29, 1.82) is 0 Å². The number of nitrogens with two attached hydrogens (primary N) is 2. The highest BCUT2D eigenvalue weighted by atomic mass is 16.5. The molecule has 5 rings (SSSR count). The summed E-state index contributed by atoms with van der Waals surface area (Å²) in [6, 6.07) is 14.1. The van der Waals surface area contributed by atoms with Crippen LogP contribution in [0.3, 0.4) is 0 Å². The fourth-order valence-corrected chi connectivity index (χ4v) is 4.11. The molecule has 7 heteroatoms. The van der Waals surface area contributed by atoms with Crippen LogP contribution in [0.2, 0.25) is 0 Å². The van der Waals surface area contributed by atoms with Crippen LogP contribution in [0.1, 0.15) is 0 Å².